The van der Waals surface area contributed by atoms with Crippen LogP contribution in [0.5, 0.6) is 0 Å². The number of rotatable bonds is 5. The highest BCUT2D eigenvalue weighted by atomic mass is 15.3. The SMILES string of the molecule is CCNC(C)C1CCN(c2nccn2CC)CC1. The van der Waals surface area contributed by atoms with E-state index in [9.17, 15) is 0 Å². The van der Waals surface area contributed by atoms with Crippen LogP contribution >= 0.6 is 0 Å². The number of nitrogens with one attached hydrogen (secondary N) is 1. The zero-order valence-corrected chi connectivity index (χ0v) is 11.9. The van der Waals surface area contributed by atoms with Crippen molar-refractivity contribution < 1.29 is 0 Å². The summed E-state index contributed by atoms with van der Waals surface area (Å²) >= 11 is 0. The molecule has 18 heavy (non-hydrogen) atoms. The molecule has 102 valence electrons. The number of imidazole rings is 1. The van der Waals surface area contributed by atoms with Gasteiger partial charge >= 0.3 is 0 Å². The molecule has 4 heteroatoms. The summed E-state index contributed by atoms with van der Waals surface area (Å²) in [7, 11) is 0. The lowest BCUT2D eigenvalue weighted by Gasteiger charge is -2.35. The Hall–Kier alpha value is -1.03. The lowest BCUT2D eigenvalue weighted by Crippen LogP contribution is -2.42. The molecule has 1 aliphatic rings. The summed E-state index contributed by atoms with van der Waals surface area (Å²) in [6.07, 6.45) is 6.52. The largest absolute Gasteiger partial charge is 0.342 e. The van der Waals surface area contributed by atoms with Crippen LogP contribution in [0.4, 0.5) is 5.95 Å². The van der Waals surface area contributed by atoms with Gasteiger partial charge in [0.2, 0.25) is 5.95 Å². The number of aromatic nitrogens is 2. The first kappa shape index (κ1) is 13.4. The van der Waals surface area contributed by atoms with E-state index in [1.807, 2.05) is 6.20 Å². The van der Waals surface area contributed by atoms with Gasteiger partial charge in [0.05, 0.1) is 0 Å². The van der Waals surface area contributed by atoms with Crippen molar-refractivity contribution in [2.45, 2.75) is 46.2 Å². The van der Waals surface area contributed by atoms with Gasteiger partial charge in [-0.15, -0.1) is 0 Å². The van der Waals surface area contributed by atoms with Crippen molar-refractivity contribution in [3.8, 4) is 0 Å². The lowest BCUT2D eigenvalue weighted by atomic mass is 9.90. The molecule has 1 aliphatic heterocycles. The van der Waals surface area contributed by atoms with E-state index in [1.54, 1.807) is 0 Å². The maximum atomic E-state index is 4.49. The number of hydrogen-bond acceptors (Lipinski definition) is 3. The topological polar surface area (TPSA) is 33.1 Å². The van der Waals surface area contributed by atoms with E-state index in [2.05, 4.69) is 46.7 Å². The van der Waals surface area contributed by atoms with E-state index in [4.69, 9.17) is 0 Å². The van der Waals surface area contributed by atoms with Crippen LogP contribution in [-0.4, -0.2) is 35.2 Å². The van der Waals surface area contributed by atoms with Gasteiger partial charge < -0.3 is 14.8 Å². The van der Waals surface area contributed by atoms with E-state index in [0.717, 1.165) is 38.0 Å². The minimum Gasteiger partial charge on any atom is -0.342 e. The fourth-order valence-electron chi connectivity index (χ4n) is 2.92. The van der Waals surface area contributed by atoms with Crippen LogP contribution < -0.4 is 10.2 Å². The average molecular weight is 250 g/mol. The van der Waals surface area contributed by atoms with Gasteiger partial charge in [-0.05, 0) is 39.2 Å². The van der Waals surface area contributed by atoms with Crippen LogP contribution in [0.15, 0.2) is 12.4 Å². The highest BCUT2D eigenvalue weighted by molar-refractivity contribution is 5.31. The molecule has 1 fully saturated rings. The van der Waals surface area contributed by atoms with E-state index < -0.39 is 0 Å². The summed E-state index contributed by atoms with van der Waals surface area (Å²) < 4.78 is 2.23. The second-order valence-electron chi connectivity index (χ2n) is 5.18. The summed E-state index contributed by atoms with van der Waals surface area (Å²) in [4.78, 5) is 6.92. The minimum atomic E-state index is 0.642. The summed E-state index contributed by atoms with van der Waals surface area (Å²) in [6.45, 7) is 11.0. The standard InChI is InChI=1S/C14H26N4/c1-4-15-12(3)13-6-9-18(10-7-13)14-16-8-11-17(14)5-2/h8,11-13,15H,4-7,9-10H2,1-3H3. The predicted molar refractivity (Wildman–Crippen MR) is 76.0 cm³/mol. The summed E-state index contributed by atoms with van der Waals surface area (Å²) in [6, 6.07) is 0.642. The molecule has 4 nitrogen and oxygen atoms in total. The van der Waals surface area contributed by atoms with Crippen molar-refractivity contribution >= 4 is 5.95 Å². The molecule has 1 aromatic rings. The molecule has 1 saturated heterocycles. The number of aryl methyl sites for hydroxylation is 1. The molecule has 0 amide bonds. The normalized spacial score (nSPS) is 19.2. The van der Waals surface area contributed by atoms with Crippen molar-refractivity contribution in [1.82, 2.24) is 14.9 Å². The number of anilines is 1. The molecule has 0 aromatic carbocycles. The Balaban J connectivity index is 1.90. The Morgan fingerprint density at radius 2 is 2.11 bits per heavy atom. The summed E-state index contributed by atoms with van der Waals surface area (Å²) in [5, 5.41) is 3.55. The van der Waals surface area contributed by atoms with Gasteiger partial charge in [0.25, 0.3) is 0 Å². The fraction of sp³-hybridized carbons (Fsp3) is 0.786. The second kappa shape index (κ2) is 6.23. The van der Waals surface area contributed by atoms with Crippen molar-refractivity contribution in [3.63, 3.8) is 0 Å². The zero-order chi connectivity index (χ0) is 13.0. The third-order valence-electron chi connectivity index (χ3n) is 4.09. The fourth-order valence-corrected chi connectivity index (χ4v) is 2.92. The molecular weight excluding hydrogens is 224 g/mol. The molecule has 0 saturated carbocycles. The second-order valence-corrected chi connectivity index (χ2v) is 5.18. The molecule has 2 heterocycles. The molecule has 1 atom stereocenters. The molecule has 2 rings (SSSR count). The van der Waals surface area contributed by atoms with Crippen LogP contribution in [0.1, 0.15) is 33.6 Å². The van der Waals surface area contributed by atoms with Crippen LogP contribution in [0.25, 0.3) is 0 Å². The molecule has 0 aliphatic carbocycles. The maximum absolute atomic E-state index is 4.49. The molecule has 0 radical (unpaired) electrons. The highest BCUT2D eigenvalue weighted by Crippen LogP contribution is 2.24. The summed E-state index contributed by atoms with van der Waals surface area (Å²) in [5.74, 6) is 1.96. The van der Waals surface area contributed by atoms with Gasteiger partial charge in [0, 0.05) is 38.1 Å². The van der Waals surface area contributed by atoms with Crippen LogP contribution in [-0.2, 0) is 6.54 Å². The van der Waals surface area contributed by atoms with Crippen LogP contribution in [0, 0.1) is 5.92 Å². The van der Waals surface area contributed by atoms with Crippen LogP contribution in [0.3, 0.4) is 0 Å². The minimum absolute atomic E-state index is 0.642. The molecule has 0 spiro atoms. The lowest BCUT2D eigenvalue weighted by molar-refractivity contribution is 0.312. The van der Waals surface area contributed by atoms with Crippen molar-refractivity contribution in [2.24, 2.45) is 5.92 Å². The van der Waals surface area contributed by atoms with E-state index in [1.165, 1.54) is 12.8 Å². The first-order valence-corrected chi connectivity index (χ1v) is 7.25. The Bertz CT molecular complexity index is 352. The molecular formula is C14H26N4. The first-order valence-electron chi connectivity index (χ1n) is 7.25. The molecule has 0 bridgehead atoms. The van der Waals surface area contributed by atoms with E-state index in [0.29, 0.717) is 6.04 Å². The Labute approximate surface area is 110 Å². The van der Waals surface area contributed by atoms with Crippen molar-refractivity contribution in [1.29, 1.82) is 0 Å². The third kappa shape index (κ3) is 2.86. The van der Waals surface area contributed by atoms with Gasteiger partial charge in [-0.1, -0.05) is 6.92 Å². The Morgan fingerprint density at radius 1 is 1.39 bits per heavy atom. The molecule has 1 N–H and O–H groups in total. The van der Waals surface area contributed by atoms with E-state index >= 15 is 0 Å². The van der Waals surface area contributed by atoms with Gasteiger partial charge in [0.15, 0.2) is 0 Å². The van der Waals surface area contributed by atoms with Crippen molar-refractivity contribution in [2.75, 3.05) is 24.5 Å². The van der Waals surface area contributed by atoms with Crippen LogP contribution in [0.2, 0.25) is 0 Å². The molecule has 1 unspecified atom stereocenters. The van der Waals surface area contributed by atoms with Gasteiger partial charge in [-0.3, -0.25) is 0 Å². The third-order valence-corrected chi connectivity index (χ3v) is 4.09. The van der Waals surface area contributed by atoms with E-state index in [-0.39, 0.29) is 0 Å². The Kier molecular flexibility index (Phi) is 4.64. The number of hydrogen-bond donors (Lipinski definition) is 1. The maximum Gasteiger partial charge on any atom is 0.205 e. The smallest absolute Gasteiger partial charge is 0.205 e. The van der Waals surface area contributed by atoms with Gasteiger partial charge in [-0.25, -0.2) is 4.98 Å². The van der Waals surface area contributed by atoms with Gasteiger partial charge in [0.1, 0.15) is 0 Å². The quantitative estimate of drug-likeness (QED) is 0.869. The zero-order valence-electron chi connectivity index (χ0n) is 11.9. The summed E-state index contributed by atoms with van der Waals surface area (Å²) in [5.41, 5.74) is 0. The monoisotopic (exact) mass is 250 g/mol. The number of piperidine rings is 1. The average Bonchev–Trinajstić information content (AvgIpc) is 2.87. The molecule has 1 aromatic heterocycles. The highest BCUT2D eigenvalue weighted by Gasteiger charge is 2.25. The van der Waals surface area contributed by atoms with Gasteiger partial charge in [-0.2, -0.15) is 0 Å². The Morgan fingerprint density at radius 3 is 2.72 bits per heavy atom. The first-order chi connectivity index (χ1) is 8.76. The predicted octanol–water partition coefficient (Wildman–Crippen LogP) is 2.12. The van der Waals surface area contributed by atoms with Crippen molar-refractivity contribution in [3.05, 3.63) is 12.4 Å². The number of nitrogens with zero attached hydrogens (tertiary/aromatic N) is 3.